The van der Waals surface area contributed by atoms with Crippen LogP contribution in [0.4, 0.5) is 14.6 Å². The maximum Gasteiger partial charge on any atom is 0.166 e. The van der Waals surface area contributed by atoms with Gasteiger partial charge in [0.15, 0.2) is 11.6 Å². The summed E-state index contributed by atoms with van der Waals surface area (Å²) in [6.45, 7) is 3.23. The number of pyridine rings is 1. The van der Waals surface area contributed by atoms with E-state index < -0.39 is 11.6 Å². The van der Waals surface area contributed by atoms with Gasteiger partial charge in [0, 0.05) is 24.3 Å². The fourth-order valence-corrected chi connectivity index (χ4v) is 3.52. The molecular formula is C23H22F2N2O2. The van der Waals surface area contributed by atoms with Crippen molar-refractivity contribution >= 4 is 5.82 Å². The number of aryl methyl sites for hydroxylation is 1. The Morgan fingerprint density at radius 3 is 2.79 bits per heavy atom. The second-order valence-corrected chi connectivity index (χ2v) is 7.26. The molecule has 29 heavy (non-hydrogen) atoms. The highest BCUT2D eigenvalue weighted by atomic mass is 19.2. The van der Waals surface area contributed by atoms with Crippen molar-refractivity contribution in [3.05, 3.63) is 65.7 Å². The molecule has 150 valence electrons. The summed E-state index contributed by atoms with van der Waals surface area (Å²) in [6.07, 6.45) is 2.09. The van der Waals surface area contributed by atoms with E-state index in [2.05, 4.69) is 10.3 Å². The molecule has 0 spiro atoms. The lowest BCUT2D eigenvalue weighted by Crippen LogP contribution is -2.19. The average Bonchev–Trinajstić information content (AvgIpc) is 3.24. The van der Waals surface area contributed by atoms with Gasteiger partial charge in [0.05, 0.1) is 11.8 Å². The predicted octanol–water partition coefficient (Wildman–Crippen LogP) is 5.30. The van der Waals surface area contributed by atoms with Crippen LogP contribution in [-0.4, -0.2) is 29.3 Å². The van der Waals surface area contributed by atoms with E-state index in [-0.39, 0.29) is 17.4 Å². The molecule has 0 radical (unpaired) electrons. The Hall–Kier alpha value is -2.99. The number of ether oxygens (including phenoxy) is 1. The van der Waals surface area contributed by atoms with Crippen LogP contribution in [0.3, 0.4) is 0 Å². The molecule has 0 amide bonds. The summed E-state index contributed by atoms with van der Waals surface area (Å²) >= 11 is 0. The van der Waals surface area contributed by atoms with E-state index in [1.165, 1.54) is 12.1 Å². The fraction of sp³-hybridized carbons (Fsp3) is 0.261. The van der Waals surface area contributed by atoms with Gasteiger partial charge in [-0.1, -0.05) is 23.8 Å². The third-order valence-corrected chi connectivity index (χ3v) is 5.05. The number of benzene rings is 2. The van der Waals surface area contributed by atoms with Gasteiger partial charge in [0.2, 0.25) is 0 Å². The van der Waals surface area contributed by atoms with Crippen molar-refractivity contribution in [1.82, 2.24) is 4.98 Å². The molecule has 0 bridgehead atoms. The largest absolute Gasteiger partial charge is 0.507 e. The highest BCUT2D eigenvalue weighted by Gasteiger charge is 2.17. The molecule has 1 aliphatic rings. The lowest BCUT2D eigenvalue weighted by atomic mass is 10.0. The zero-order valence-corrected chi connectivity index (χ0v) is 16.1. The highest BCUT2D eigenvalue weighted by Crippen LogP contribution is 2.34. The van der Waals surface area contributed by atoms with Crippen molar-refractivity contribution < 1.29 is 18.6 Å². The van der Waals surface area contributed by atoms with Crippen molar-refractivity contribution in [3.8, 4) is 28.1 Å². The number of anilines is 1. The van der Waals surface area contributed by atoms with Crippen molar-refractivity contribution in [1.29, 1.82) is 0 Å². The first-order valence-electron chi connectivity index (χ1n) is 9.63. The molecule has 3 aromatic rings. The Labute approximate surface area is 168 Å². The number of aromatic nitrogens is 1. The van der Waals surface area contributed by atoms with E-state index in [9.17, 15) is 13.9 Å². The number of nitrogens with one attached hydrogen (secondary N) is 1. The first-order valence-corrected chi connectivity index (χ1v) is 9.63. The average molecular weight is 396 g/mol. The summed E-state index contributed by atoms with van der Waals surface area (Å²) < 4.78 is 33.9. The number of phenols is 1. The normalized spacial score (nSPS) is 16.2. The number of hydrogen-bond acceptors (Lipinski definition) is 4. The highest BCUT2D eigenvalue weighted by molar-refractivity contribution is 5.76. The van der Waals surface area contributed by atoms with E-state index in [0.29, 0.717) is 29.2 Å². The first kappa shape index (κ1) is 19.3. The fourth-order valence-electron chi connectivity index (χ4n) is 3.52. The maximum atomic E-state index is 14.4. The molecule has 0 saturated carbocycles. The van der Waals surface area contributed by atoms with Crippen molar-refractivity contribution in [2.75, 3.05) is 18.5 Å². The summed E-state index contributed by atoms with van der Waals surface area (Å²) in [5.41, 5.74) is 2.57. The standard InChI is InChI=1S/C23H22F2N2O2/c1-14-7-8-21(28)18(10-14)20-11-15(17-5-2-6-19(24)23(17)25)12-22(27-20)26-13-16-4-3-9-29-16/h2,5-8,10-12,16,28H,3-4,9,13H2,1H3,(H,26,27). The zero-order chi connectivity index (χ0) is 20.4. The molecule has 2 heterocycles. The van der Waals surface area contributed by atoms with Crippen molar-refractivity contribution in [2.45, 2.75) is 25.9 Å². The minimum absolute atomic E-state index is 0.0741. The van der Waals surface area contributed by atoms with E-state index in [0.717, 1.165) is 31.1 Å². The smallest absolute Gasteiger partial charge is 0.166 e. The van der Waals surface area contributed by atoms with Gasteiger partial charge in [0.25, 0.3) is 0 Å². The molecule has 1 atom stereocenters. The maximum absolute atomic E-state index is 14.4. The first-order chi connectivity index (χ1) is 14.0. The third-order valence-electron chi connectivity index (χ3n) is 5.05. The molecular weight excluding hydrogens is 374 g/mol. The molecule has 4 nitrogen and oxygen atoms in total. The molecule has 1 saturated heterocycles. The van der Waals surface area contributed by atoms with Crippen molar-refractivity contribution in [2.24, 2.45) is 0 Å². The minimum atomic E-state index is -0.914. The minimum Gasteiger partial charge on any atom is -0.507 e. The summed E-state index contributed by atoms with van der Waals surface area (Å²) in [5.74, 6) is -1.24. The number of halogens is 2. The van der Waals surface area contributed by atoms with Gasteiger partial charge >= 0.3 is 0 Å². The molecule has 0 aliphatic carbocycles. The van der Waals surface area contributed by atoms with Gasteiger partial charge in [-0.2, -0.15) is 0 Å². The Bertz CT molecular complexity index is 1010. The van der Waals surface area contributed by atoms with Gasteiger partial charge in [-0.05, 0) is 55.7 Å². The third kappa shape index (κ3) is 4.22. The topological polar surface area (TPSA) is 54.4 Å². The quantitative estimate of drug-likeness (QED) is 0.615. The number of hydrogen-bond donors (Lipinski definition) is 2. The van der Waals surface area contributed by atoms with Crippen LogP contribution in [0, 0.1) is 18.6 Å². The molecule has 1 aromatic heterocycles. The monoisotopic (exact) mass is 396 g/mol. The second-order valence-electron chi connectivity index (χ2n) is 7.26. The van der Waals surface area contributed by atoms with Crippen LogP contribution in [0.1, 0.15) is 18.4 Å². The van der Waals surface area contributed by atoms with E-state index in [1.54, 1.807) is 24.3 Å². The van der Waals surface area contributed by atoms with E-state index >= 15 is 0 Å². The van der Waals surface area contributed by atoms with Gasteiger partial charge in [-0.15, -0.1) is 0 Å². The van der Waals surface area contributed by atoms with Crippen LogP contribution in [0.15, 0.2) is 48.5 Å². The number of aromatic hydroxyl groups is 1. The second kappa shape index (κ2) is 8.17. The SMILES string of the molecule is Cc1ccc(O)c(-c2cc(-c3cccc(F)c3F)cc(NCC3CCCO3)n2)c1. The Balaban J connectivity index is 1.78. The van der Waals surface area contributed by atoms with Gasteiger partial charge in [-0.3, -0.25) is 0 Å². The van der Waals surface area contributed by atoms with E-state index in [1.807, 2.05) is 13.0 Å². The molecule has 2 N–H and O–H groups in total. The molecule has 4 rings (SSSR count). The Morgan fingerprint density at radius 1 is 1.14 bits per heavy atom. The number of nitrogens with zero attached hydrogens (tertiary/aromatic N) is 1. The van der Waals surface area contributed by atoms with Crippen LogP contribution in [0.25, 0.3) is 22.4 Å². The van der Waals surface area contributed by atoms with Crippen LogP contribution >= 0.6 is 0 Å². The Morgan fingerprint density at radius 2 is 2.00 bits per heavy atom. The summed E-state index contributed by atoms with van der Waals surface area (Å²) in [6, 6.07) is 12.6. The number of rotatable bonds is 5. The lowest BCUT2D eigenvalue weighted by Gasteiger charge is -2.15. The van der Waals surface area contributed by atoms with Gasteiger partial charge < -0.3 is 15.2 Å². The molecule has 2 aromatic carbocycles. The molecule has 1 aliphatic heterocycles. The summed E-state index contributed by atoms with van der Waals surface area (Å²) in [7, 11) is 0. The number of phenolic OH excluding ortho intramolecular Hbond substituents is 1. The molecule has 1 fully saturated rings. The van der Waals surface area contributed by atoms with Gasteiger partial charge in [-0.25, -0.2) is 13.8 Å². The molecule has 1 unspecified atom stereocenters. The van der Waals surface area contributed by atoms with Crippen LogP contribution in [-0.2, 0) is 4.74 Å². The molecule has 6 heteroatoms. The summed E-state index contributed by atoms with van der Waals surface area (Å²) in [4.78, 5) is 4.60. The van der Waals surface area contributed by atoms with Crippen molar-refractivity contribution in [3.63, 3.8) is 0 Å². The van der Waals surface area contributed by atoms with Gasteiger partial charge in [0.1, 0.15) is 11.6 Å². The zero-order valence-electron chi connectivity index (χ0n) is 16.1. The van der Waals surface area contributed by atoms with Crippen LogP contribution in [0.2, 0.25) is 0 Å². The predicted molar refractivity (Wildman–Crippen MR) is 109 cm³/mol. The lowest BCUT2D eigenvalue weighted by molar-refractivity contribution is 0.120. The van der Waals surface area contributed by atoms with Crippen LogP contribution < -0.4 is 5.32 Å². The van der Waals surface area contributed by atoms with Crippen LogP contribution in [0.5, 0.6) is 5.75 Å². The van der Waals surface area contributed by atoms with E-state index in [4.69, 9.17) is 4.74 Å². The Kier molecular flexibility index (Phi) is 5.45. The summed E-state index contributed by atoms with van der Waals surface area (Å²) in [5, 5.41) is 13.6.